The van der Waals surface area contributed by atoms with Crippen LogP contribution in [0.4, 0.5) is 0 Å². The van der Waals surface area contributed by atoms with Gasteiger partial charge in [0.05, 0.1) is 5.56 Å². The Morgan fingerprint density at radius 3 is 2.64 bits per heavy atom. The Kier molecular flexibility index (Phi) is 4.77. The summed E-state index contributed by atoms with van der Waals surface area (Å²) in [6.07, 6.45) is 15.3. The lowest BCUT2D eigenvalue weighted by atomic mass is 9.84. The summed E-state index contributed by atoms with van der Waals surface area (Å²) in [5.41, 5.74) is 2.26. The van der Waals surface area contributed by atoms with Crippen LogP contribution in [-0.4, -0.2) is 10.9 Å². The number of Topliss-reactive ketones (excluding diaryl/α,β-unsaturated/α-hetero) is 1. The van der Waals surface area contributed by atoms with E-state index in [1.165, 1.54) is 32.1 Å². The molecule has 1 aromatic carbocycles. The molecule has 3 rings (SSSR count). The molecule has 22 heavy (non-hydrogen) atoms. The number of aromatic hydroxyl groups is 1. The van der Waals surface area contributed by atoms with Crippen molar-refractivity contribution in [2.75, 3.05) is 0 Å². The van der Waals surface area contributed by atoms with E-state index >= 15 is 0 Å². The predicted molar refractivity (Wildman–Crippen MR) is 89.2 cm³/mol. The highest BCUT2D eigenvalue weighted by molar-refractivity contribution is 6.12. The average Bonchev–Trinajstić information content (AvgIpc) is 2.56. The van der Waals surface area contributed by atoms with Crippen LogP contribution in [0.3, 0.4) is 0 Å². The average molecular weight is 296 g/mol. The van der Waals surface area contributed by atoms with Crippen LogP contribution in [0, 0.1) is 5.92 Å². The Labute approximate surface area is 132 Å². The van der Waals surface area contributed by atoms with Gasteiger partial charge in [-0.25, -0.2) is 0 Å². The molecule has 0 saturated heterocycles. The Hall–Kier alpha value is -1.83. The number of benzene rings is 1. The summed E-state index contributed by atoms with van der Waals surface area (Å²) in [6, 6.07) is 5.59. The van der Waals surface area contributed by atoms with Gasteiger partial charge in [-0.3, -0.25) is 4.79 Å². The molecular weight excluding hydrogens is 272 g/mol. The molecule has 1 fully saturated rings. The first-order valence-electron chi connectivity index (χ1n) is 8.47. The largest absolute Gasteiger partial charge is 0.507 e. The fourth-order valence-corrected chi connectivity index (χ4v) is 3.56. The molecule has 1 saturated carbocycles. The second-order valence-electron chi connectivity index (χ2n) is 6.53. The van der Waals surface area contributed by atoms with E-state index in [-0.39, 0.29) is 11.5 Å². The van der Waals surface area contributed by atoms with Crippen molar-refractivity contribution >= 4 is 5.78 Å². The van der Waals surface area contributed by atoms with Gasteiger partial charge in [0.2, 0.25) is 0 Å². The van der Waals surface area contributed by atoms with Crippen LogP contribution in [0.2, 0.25) is 0 Å². The molecule has 1 N–H and O–H groups in total. The van der Waals surface area contributed by atoms with Gasteiger partial charge in [0.15, 0.2) is 5.78 Å². The van der Waals surface area contributed by atoms with Gasteiger partial charge in [0.25, 0.3) is 0 Å². The van der Waals surface area contributed by atoms with Crippen molar-refractivity contribution in [3.05, 3.63) is 53.1 Å². The molecule has 2 aliphatic rings. The van der Waals surface area contributed by atoms with Crippen LogP contribution in [0.5, 0.6) is 5.75 Å². The maximum Gasteiger partial charge on any atom is 0.196 e. The number of allylic oxidation sites excluding steroid dienone is 4. The van der Waals surface area contributed by atoms with Crippen molar-refractivity contribution in [1.82, 2.24) is 0 Å². The molecule has 2 heteroatoms. The Morgan fingerprint density at radius 1 is 1.14 bits per heavy atom. The molecule has 0 aliphatic heterocycles. The monoisotopic (exact) mass is 296 g/mol. The SMILES string of the molecule is O=C(C1=CCCC=C1)c1ccc(CC2CCCCC2)cc1O. The number of rotatable bonds is 4. The van der Waals surface area contributed by atoms with Crippen LogP contribution in [0.25, 0.3) is 0 Å². The molecule has 0 radical (unpaired) electrons. The van der Waals surface area contributed by atoms with Gasteiger partial charge in [0, 0.05) is 5.57 Å². The van der Waals surface area contributed by atoms with Crippen LogP contribution in [-0.2, 0) is 6.42 Å². The van der Waals surface area contributed by atoms with Crippen LogP contribution in [0.15, 0.2) is 42.0 Å². The van der Waals surface area contributed by atoms with Crippen molar-refractivity contribution in [3.8, 4) is 5.75 Å². The molecular formula is C20H24O2. The maximum absolute atomic E-state index is 12.4. The molecule has 0 spiro atoms. The molecule has 0 atom stereocenters. The summed E-state index contributed by atoms with van der Waals surface area (Å²) in [5.74, 6) is 0.787. The van der Waals surface area contributed by atoms with Crippen molar-refractivity contribution in [2.24, 2.45) is 5.92 Å². The van der Waals surface area contributed by atoms with Gasteiger partial charge in [-0.1, -0.05) is 56.4 Å². The minimum Gasteiger partial charge on any atom is -0.507 e. The van der Waals surface area contributed by atoms with Gasteiger partial charge < -0.3 is 5.11 Å². The van der Waals surface area contributed by atoms with Gasteiger partial charge >= 0.3 is 0 Å². The Balaban J connectivity index is 1.72. The minimum atomic E-state index is -0.0716. The highest BCUT2D eigenvalue weighted by Gasteiger charge is 2.18. The van der Waals surface area contributed by atoms with E-state index in [4.69, 9.17) is 0 Å². The van der Waals surface area contributed by atoms with E-state index in [0.717, 1.165) is 30.7 Å². The minimum absolute atomic E-state index is 0.0716. The van der Waals surface area contributed by atoms with Crippen LogP contribution < -0.4 is 0 Å². The third-order valence-corrected chi connectivity index (χ3v) is 4.81. The summed E-state index contributed by atoms with van der Waals surface area (Å²) in [7, 11) is 0. The van der Waals surface area contributed by atoms with Gasteiger partial charge in [-0.05, 0) is 42.9 Å². The number of hydrogen-bond acceptors (Lipinski definition) is 2. The standard InChI is InChI=1S/C20H24O2/c21-19-14-16(13-15-7-3-1-4-8-15)11-12-18(19)20(22)17-9-5-2-6-10-17/h5,9-12,14-15,21H,1-4,6-8,13H2. The number of carbonyl (C=O) groups excluding carboxylic acids is 1. The molecule has 0 bridgehead atoms. The summed E-state index contributed by atoms with van der Waals surface area (Å²) in [4.78, 5) is 12.4. The lowest BCUT2D eigenvalue weighted by Gasteiger charge is -2.21. The number of ketones is 1. The number of phenolic OH excluding ortho intramolecular Hbond substituents is 1. The second-order valence-corrected chi connectivity index (χ2v) is 6.53. The normalized spacial score (nSPS) is 19.0. The third-order valence-electron chi connectivity index (χ3n) is 4.81. The van der Waals surface area contributed by atoms with Gasteiger partial charge in [-0.2, -0.15) is 0 Å². The van der Waals surface area contributed by atoms with Crippen LogP contribution in [0.1, 0.15) is 60.9 Å². The van der Waals surface area contributed by atoms with E-state index in [2.05, 4.69) is 0 Å². The molecule has 2 aliphatic carbocycles. The van der Waals surface area contributed by atoms with Crippen molar-refractivity contribution < 1.29 is 9.90 Å². The Bertz CT molecular complexity index is 604. The highest BCUT2D eigenvalue weighted by Crippen LogP contribution is 2.29. The Morgan fingerprint density at radius 2 is 1.95 bits per heavy atom. The fourth-order valence-electron chi connectivity index (χ4n) is 3.56. The number of phenols is 1. The third kappa shape index (κ3) is 3.49. The molecule has 0 aromatic heterocycles. The summed E-state index contributed by atoms with van der Waals surface area (Å²) in [6.45, 7) is 0. The molecule has 0 unspecified atom stereocenters. The summed E-state index contributed by atoms with van der Waals surface area (Å²) >= 11 is 0. The lowest BCUT2D eigenvalue weighted by Crippen LogP contribution is -2.09. The van der Waals surface area contributed by atoms with E-state index < -0.39 is 0 Å². The first-order valence-corrected chi connectivity index (χ1v) is 8.47. The number of hydrogen-bond donors (Lipinski definition) is 1. The highest BCUT2D eigenvalue weighted by atomic mass is 16.3. The smallest absolute Gasteiger partial charge is 0.196 e. The predicted octanol–water partition coefficient (Wildman–Crippen LogP) is 4.97. The quantitative estimate of drug-likeness (QED) is 0.796. The molecule has 1 aromatic rings. The number of carbonyl (C=O) groups is 1. The van der Waals surface area contributed by atoms with E-state index in [9.17, 15) is 9.90 Å². The molecule has 2 nitrogen and oxygen atoms in total. The van der Waals surface area contributed by atoms with E-state index in [1.54, 1.807) is 12.1 Å². The fraction of sp³-hybridized carbons (Fsp3) is 0.450. The zero-order chi connectivity index (χ0) is 15.4. The van der Waals surface area contributed by atoms with Crippen molar-refractivity contribution in [3.63, 3.8) is 0 Å². The van der Waals surface area contributed by atoms with Gasteiger partial charge in [0.1, 0.15) is 5.75 Å². The molecule has 0 heterocycles. The molecule has 0 amide bonds. The van der Waals surface area contributed by atoms with E-state index in [1.807, 2.05) is 24.3 Å². The van der Waals surface area contributed by atoms with E-state index in [0.29, 0.717) is 11.1 Å². The maximum atomic E-state index is 12.4. The zero-order valence-electron chi connectivity index (χ0n) is 13.1. The van der Waals surface area contributed by atoms with Gasteiger partial charge in [-0.15, -0.1) is 0 Å². The first kappa shape index (κ1) is 15.1. The lowest BCUT2D eigenvalue weighted by molar-refractivity contribution is 0.103. The van der Waals surface area contributed by atoms with Crippen molar-refractivity contribution in [2.45, 2.75) is 51.4 Å². The second kappa shape index (κ2) is 6.95. The van der Waals surface area contributed by atoms with Crippen molar-refractivity contribution in [1.29, 1.82) is 0 Å². The first-order chi connectivity index (χ1) is 10.7. The molecule has 116 valence electrons. The summed E-state index contributed by atoms with van der Waals surface area (Å²) in [5, 5.41) is 10.2. The van der Waals surface area contributed by atoms with Crippen LogP contribution >= 0.6 is 0 Å². The summed E-state index contributed by atoms with van der Waals surface area (Å²) < 4.78 is 0. The topological polar surface area (TPSA) is 37.3 Å². The zero-order valence-corrected chi connectivity index (χ0v) is 13.1.